The van der Waals surface area contributed by atoms with Crippen molar-refractivity contribution in [1.29, 1.82) is 5.41 Å². The van der Waals surface area contributed by atoms with Gasteiger partial charge in [0, 0.05) is 24.3 Å². The van der Waals surface area contributed by atoms with Gasteiger partial charge in [-0.05, 0) is 24.6 Å². The molecule has 1 aliphatic heterocycles. The van der Waals surface area contributed by atoms with Crippen molar-refractivity contribution in [2.24, 2.45) is 5.73 Å². The highest BCUT2D eigenvalue weighted by molar-refractivity contribution is 6.00. The Morgan fingerprint density at radius 1 is 1.35 bits per heavy atom. The maximum Gasteiger partial charge on any atom is 0.124 e. The van der Waals surface area contributed by atoms with Crippen molar-refractivity contribution < 1.29 is 10.2 Å². The van der Waals surface area contributed by atoms with Gasteiger partial charge in [-0.15, -0.1) is 0 Å². The first kappa shape index (κ1) is 11.9. The molecule has 0 bridgehead atoms. The van der Waals surface area contributed by atoms with E-state index in [0.29, 0.717) is 18.7 Å². The molecule has 5 heteroatoms. The van der Waals surface area contributed by atoms with E-state index in [1.807, 2.05) is 24.0 Å². The summed E-state index contributed by atoms with van der Waals surface area (Å²) in [7, 11) is 0. The van der Waals surface area contributed by atoms with Crippen LogP contribution in [-0.2, 0) is 0 Å². The van der Waals surface area contributed by atoms with Gasteiger partial charge in [0.25, 0.3) is 0 Å². The summed E-state index contributed by atoms with van der Waals surface area (Å²) in [5.41, 5.74) is 8.02. The number of nitrogen functional groups attached to an aromatic ring is 1. The standard InChI is InChI=1S/C12H17N3O2/c1-7-2-3-8(12(13)14)9(4-7)15-5-10(16)11(17)6-15/h2-4,10-11,16-17H,5-6H2,1H3,(H3,13,14). The normalized spacial score (nSPS) is 24.1. The smallest absolute Gasteiger partial charge is 0.124 e. The van der Waals surface area contributed by atoms with E-state index >= 15 is 0 Å². The number of hydrogen-bond acceptors (Lipinski definition) is 4. The summed E-state index contributed by atoms with van der Waals surface area (Å²) in [5.74, 6) is -0.00382. The van der Waals surface area contributed by atoms with Gasteiger partial charge in [-0.25, -0.2) is 0 Å². The molecule has 0 amide bonds. The maximum absolute atomic E-state index is 9.55. The van der Waals surface area contributed by atoms with Crippen LogP contribution in [0.3, 0.4) is 0 Å². The number of nitrogens with one attached hydrogen (secondary N) is 1. The van der Waals surface area contributed by atoms with Crippen molar-refractivity contribution >= 4 is 11.5 Å². The molecule has 1 aromatic rings. The third-order valence-electron chi connectivity index (χ3n) is 3.04. The molecule has 5 nitrogen and oxygen atoms in total. The number of hydrogen-bond donors (Lipinski definition) is 4. The van der Waals surface area contributed by atoms with Gasteiger partial charge >= 0.3 is 0 Å². The first-order chi connectivity index (χ1) is 7.99. The van der Waals surface area contributed by atoms with Crippen LogP contribution < -0.4 is 10.6 Å². The number of aryl methyl sites for hydroxylation is 1. The van der Waals surface area contributed by atoms with Crippen LogP contribution in [0.5, 0.6) is 0 Å². The van der Waals surface area contributed by atoms with Crippen LogP contribution in [0, 0.1) is 12.3 Å². The summed E-state index contributed by atoms with van der Waals surface area (Å²) in [5, 5.41) is 26.6. The average Bonchev–Trinajstić information content (AvgIpc) is 2.58. The summed E-state index contributed by atoms with van der Waals surface area (Å²) in [6.45, 7) is 2.69. The maximum atomic E-state index is 9.55. The molecule has 1 fully saturated rings. The van der Waals surface area contributed by atoms with Gasteiger partial charge in [0.2, 0.25) is 0 Å². The fourth-order valence-corrected chi connectivity index (χ4v) is 2.10. The van der Waals surface area contributed by atoms with E-state index in [0.717, 1.165) is 11.3 Å². The molecule has 5 N–H and O–H groups in total. The van der Waals surface area contributed by atoms with Gasteiger partial charge in [0.1, 0.15) is 5.84 Å². The molecule has 0 radical (unpaired) electrons. The molecular formula is C12H17N3O2. The molecule has 2 rings (SSSR count). The Hall–Kier alpha value is -1.59. The van der Waals surface area contributed by atoms with Crippen LogP contribution >= 0.6 is 0 Å². The zero-order valence-electron chi connectivity index (χ0n) is 9.72. The van der Waals surface area contributed by atoms with Crippen LogP contribution in [-0.4, -0.2) is 41.3 Å². The molecule has 2 unspecified atom stereocenters. The number of nitrogens with two attached hydrogens (primary N) is 1. The lowest BCUT2D eigenvalue weighted by molar-refractivity contribution is 0.0572. The molecule has 0 saturated carbocycles. The lowest BCUT2D eigenvalue weighted by Crippen LogP contribution is -2.25. The number of benzene rings is 1. The Bertz CT molecular complexity index is 437. The summed E-state index contributed by atoms with van der Waals surface area (Å²) in [4.78, 5) is 1.86. The molecule has 17 heavy (non-hydrogen) atoms. The van der Waals surface area contributed by atoms with E-state index in [2.05, 4.69) is 0 Å². The second-order valence-corrected chi connectivity index (χ2v) is 4.47. The number of β-amino-alcohol motifs (C(OH)–C–C–N with tert-alkyl or cyclic N) is 2. The molecular weight excluding hydrogens is 218 g/mol. The second kappa shape index (κ2) is 4.35. The molecule has 1 aromatic carbocycles. The van der Waals surface area contributed by atoms with Gasteiger partial charge in [0.05, 0.1) is 12.2 Å². The Morgan fingerprint density at radius 3 is 2.47 bits per heavy atom. The van der Waals surface area contributed by atoms with Crippen molar-refractivity contribution in [3.8, 4) is 0 Å². The van der Waals surface area contributed by atoms with Crippen molar-refractivity contribution in [2.45, 2.75) is 19.1 Å². The van der Waals surface area contributed by atoms with Crippen molar-refractivity contribution in [2.75, 3.05) is 18.0 Å². The molecule has 0 aromatic heterocycles. The summed E-state index contributed by atoms with van der Waals surface area (Å²) < 4.78 is 0. The Kier molecular flexibility index (Phi) is 3.04. The molecule has 0 spiro atoms. The van der Waals surface area contributed by atoms with E-state index in [1.54, 1.807) is 6.07 Å². The Labute approximate surface area is 100.0 Å². The van der Waals surface area contributed by atoms with E-state index in [1.165, 1.54) is 0 Å². The number of amidine groups is 1. The fraction of sp³-hybridized carbons (Fsp3) is 0.417. The molecule has 0 aliphatic carbocycles. The second-order valence-electron chi connectivity index (χ2n) is 4.47. The van der Waals surface area contributed by atoms with E-state index in [-0.39, 0.29) is 5.84 Å². The fourth-order valence-electron chi connectivity index (χ4n) is 2.10. The van der Waals surface area contributed by atoms with Gasteiger partial charge in [-0.2, -0.15) is 0 Å². The lowest BCUT2D eigenvalue weighted by Gasteiger charge is -2.21. The van der Waals surface area contributed by atoms with Crippen molar-refractivity contribution in [3.05, 3.63) is 29.3 Å². The van der Waals surface area contributed by atoms with Crippen LogP contribution in [0.25, 0.3) is 0 Å². The lowest BCUT2D eigenvalue weighted by atomic mass is 10.1. The minimum Gasteiger partial charge on any atom is -0.389 e. The minimum absolute atomic E-state index is 0.00382. The SMILES string of the molecule is Cc1ccc(C(=N)N)c(N2CC(O)C(O)C2)c1. The van der Waals surface area contributed by atoms with E-state index in [4.69, 9.17) is 11.1 Å². The number of nitrogens with zero attached hydrogens (tertiary/aromatic N) is 1. The monoisotopic (exact) mass is 235 g/mol. The summed E-state index contributed by atoms with van der Waals surface area (Å²) in [6.07, 6.45) is -1.48. The highest BCUT2D eigenvalue weighted by Gasteiger charge is 2.30. The van der Waals surface area contributed by atoms with Crippen molar-refractivity contribution in [1.82, 2.24) is 0 Å². The Morgan fingerprint density at radius 2 is 1.94 bits per heavy atom. The minimum atomic E-state index is -0.740. The molecule has 2 atom stereocenters. The number of aliphatic hydroxyl groups excluding tert-OH is 2. The van der Waals surface area contributed by atoms with Crippen molar-refractivity contribution in [3.63, 3.8) is 0 Å². The zero-order valence-corrected chi connectivity index (χ0v) is 9.72. The van der Waals surface area contributed by atoms with Gasteiger partial charge in [0.15, 0.2) is 0 Å². The molecule has 1 saturated heterocycles. The summed E-state index contributed by atoms with van der Waals surface area (Å²) in [6, 6.07) is 5.61. The largest absolute Gasteiger partial charge is 0.389 e. The number of anilines is 1. The highest BCUT2D eigenvalue weighted by Crippen LogP contribution is 2.26. The third-order valence-corrected chi connectivity index (χ3v) is 3.04. The Balaban J connectivity index is 2.37. The predicted octanol–water partition coefficient (Wildman–Crippen LogP) is -0.179. The first-order valence-corrected chi connectivity index (χ1v) is 5.55. The van der Waals surface area contributed by atoms with E-state index < -0.39 is 12.2 Å². The van der Waals surface area contributed by atoms with Crippen LogP contribution in [0.15, 0.2) is 18.2 Å². The molecule has 1 heterocycles. The summed E-state index contributed by atoms with van der Waals surface area (Å²) >= 11 is 0. The molecule has 92 valence electrons. The van der Waals surface area contributed by atoms with Crippen LogP contribution in [0.1, 0.15) is 11.1 Å². The van der Waals surface area contributed by atoms with Crippen LogP contribution in [0.4, 0.5) is 5.69 Å². The third kappa shape index (κ3) is 2.25. The average molecular weight is 235 g/mol. The van der Waals surface area contributed by atoms with Crippen LogP contribution in [0.2, 0.25) is 0 Å². The zero-order chi connectivity index (χ0) is 12.6. The molecule has 1 aliphatic rings. The van der Waals surface area contributed by atoms with Gasteiger partial charge < -0.3 is 20.8 Å². The number of rotatable bonds is 2. The van der Waals surface area contributed by atoms with Gasteiger partial charge in [-0.1, -0.05) is 6.07 Å². The van der Waals surface area contributed by atoms with E-state index in [9.17, 15) is 10.2 Å². The topological polar surface area (TPSA) is 93.6 Å². The predicted molar refractivity (Wildman–Crippen MR) is 66.4 cm³/mol. The highest BCUT2D eigenvalue weighted by atomic mass is 16.3. The first-order valence-electron chi connectivity index (χ1n) is 5.55. The number of aliphatic hydroxyl groups is 2. The van der Waals surface area contributed by atoms with Gasteiger partial charge in [-0.3, -0.25) is 5.41 Å². The quantitative estimate of drug-likeness (QED) is 0.422.